The zero-order valence-corrected chi connectivity index (χ0v) is 11.2. The normalized spacial score (nSPS) is 20.0. The fourth-order valence-corrected chi connectivity index (χ4v) is 2.89. The van der Waals surface area contributed by atoms with Crippen molar-refractivity contribution in [2.45, 2.75) is 19.0 Å². The Labute approximate surface area is 119 Å². The highest BCUT2D eigenvalue weighted by Crippen LogP contribution is 2.29. The van der Waals surface area contributed by atoms with Crippen molar-refractivity contribution in [3.63, 3.8) is 0 Å². The van der Waals surface area contributed by atoms with Crippen molar-refractivity contribution in [1.82, 2.24) is 4.90 Å². The molecule has 20 heavy (non-hydrogen) atoms. The fraction of sp³-hybridized carbons (Fsp3) is 0.167. The molecule has 2 aromatic rings. The van der Waals surface area contributed by atoms with Crippen LogP contribution in [0, 0.1) is 6.54 Å². The van der Waals surface area contributed by atoms with E-state index in [0.29, 0.717) is 0 Å². The molecule has 2 radical (unpaired) electrons. The molecule has 0 amide bonds. The van der Waals surface area contributed by atoms with Crippen LogP contribution >= 0.6 is 0 Å². The van der Waals surface area contributed by atoms with Crippen molar-refractivity contribution in [3.05, 3.63) is 78.0 Å². The molecule has 2 aromatic carbocycles. The van der Waals surface area contributed by atoms with Gasteiger partial charge in [0.1, 0.15) is 6.54 Å². The Balaban J connectivity index is 1.57. The summed E-state index contributed by atoms with van der Waals surface area (Å²) in [6.07, 6.45) is 6.77. The second-order valence-corrected chi connectivity index (χ2v) is 5.28. The molecule has 2 aliphatic rings. The van der Waals surface area contributed by atoms with Gasteiger partial charge in [0, 0.05) is 11.9 Å². The lowest BCUT2D eigenvalue weighted by molar-refractivity contribution is 0.344. The largest absolute Gasteiger partial charge is 0.365 e. The standard InChI is InChI=1S/C18H16N2/c1-2-7-16-13-20(12-11-14(16)5-1)18-10-9-15-6-3-4-8-17(15)19-18/h1-8,11-12,18-19H,9-10H2. The number of hydrogen-bond donors (Lipinski definition) is 1. The molecule has 98 valence electrons. The number of nitrogens with one attached hydrogen (secondary N) is 1. The van der Waals surface area contributed by atoms with Gasteiger partial charge in [0.2, 0.25) is 0 Å². The number of para-hydroxylation sites is 1. The van der Waals surface area contributed by atoms with E-state index >= 15 is 0 Å². The number of fused-ring (bicyclic) bond motifs is 2. The lowest BCUT2D eigenvalue weighted by Crippen LogP contribution is -2.39. The number of benzene rings is 2. The van der Waals surface area contributed by atoms with Gasteiger partial charge in [-0.15, -0.1) is 0 Å². The first kappa shape index (κ1) is 11.6. The van der Waals surface area contributed by atoms with Gasteiger partial charge in [-0.3, -0.25) is 0 Å². The van der Waals surface area contributed by atoms with Crippen LogP contribution in [0.2, 0.25) is 0 Å². The third-order valence-electron chi connectivity index (χ3n) is 3.99. The smallest absolute Gasteiger partial charge is 0.128 e. The Morgan fingerprint density at radius 2 is 1.90 bits per heavy atom. The quantitative estimate of drug-likeness (QED) is 0.840. The van der Waals surface area contributed by atoms with Crippen LogP contribution in [0.4, 0.5) is 5.69 Å². The Hall–Kier alpha value is -2.22. The summed E-state index contributed by atoms with van der Waals surface area (Å²) in [5.41, 5.74) is 5.05. The minimum Gasteiger partial charge on any atom is -0.365 e. The summed E-state index contributed by atoms with van der Waals surface area (Å²) in [4.78, 5) is 2.16. The molecule has 2 heterocycles. The number of nitrogens with zero attached hydrogens (tertiary/aromatic N) is 1. The van der Waals surface area contributed by atoms with Crippen molar-refractivity contribution in [3.8, 4) is 0 Å². The van der Waals surface area contributed by atoms with E-state index in [1.165, 1.54) is 16.8 Å². The topological polar surface area (TPSA) is 15.3 Å². The van der Waals surface area contributed by atoms with E-state index in [1.54, 1.807) is 0 Å². The molecule has 1 N–H and O–H groups in total. The van der Waals surface area contributed by atoms with Crippen LogP contribution in [0.3, 0.4) is 0 Å². The summed E-state index contributed by atoms with van der Waals surface area (Å²) in [6.45, 7) is 3.48. The summed E-state index contributed by atoms with van der Waals surface area (Å²) < 4.78 is 0. The van der Waals surface area contributed by atoms with Crippen LogP contribution in [-0.2, 0) is 6.42 Å². The van der Waals surface area contributed by atoms with Crippen LogP contribution in [0.5, 0.6) is 0 Å². The van der Waals surface area contributed by atoms with Gasteiger partial charge in [0.05, 0.1) is 6.17 Å². The maximum Gasteiger partial charge on any atom is 0.128 e. The molecule has 4 rings (SSSR count). The van der Waals surface area contributed by atoms with Gasteiger partial charge in [-0.25, -0.2) is 0 Å². The molecule has 2 aliphatic heterocycles. The minimum atomic E-state index is 0.287. The number of rotatable bonds is 1. The van der Waals surface area contributed by atoms with Gasteiger partial charge >= 0.3 is 0 Å². The molecule has 0 saturated heterocycles. The molecule has 2 nitrogen and oxygen atoms in total. The SMILES string of the molecule is [C]1c2ccccc2C=CN1C1CCc2ccccc2N1. The molecular formula is C18H16N2. The van der Waals surface area contributed by atoms with Crippen molar-refractivity contribution in [2.75, 3.05) is 5.32 Å². The van der Waals surface area contributed by atoms with E-state index < -0.39 is 0 Å². The number of hydrogen-bond acceptors (Lipinski definition) is 2. The molecule has 0 spiro atoms. The highest BCUT2D eigenvalue weighted by atomic mass is 15.3. The molecule has 1 unspecified atom stereocenters. The van der Waals surface area contributed by atoms with E-state index in [9.17, 15) is 0 Å². The zero-order valence-electron chi connectivity index (χ0n) is 11.2. The Morgan fingerprint density at radius 1 is 1.05 bits per heavy atom. The van der Waals surface area contributed by atoms with Crippen molar-refractivity contribution in [1.29, 1.82) is 0 Å². The summed E-state index contributed by atoms with van der Waals surface area (Å²) >= 11 is 0. The van der Waals surface area contributed by atoms with Crippen LogP contribution in [-0.4, -0.2) is 11.1 Å². The van der Waals surface area contributed by atoms with Gasteiger partial charge in [0.25, 0.3) is 0 Å². The van der Waals surface area contributed by atoms with E-state index in [-0.39, 0.29) is 6.17 Å². The van der Waals surface area contributed by atoms with E-state index in [4.69, 9.17) is 0 Å². The third-order valence-corrected chi connectivity index (χ3v) is 3.99. The molecule has 0 saturated carbocycles. The lowest BCUT2D eigenvalue weighted by atomic mass is 9.99. The zero-order chi connectivity index (χ0) is 13.4. The van der Waals surface area contributed by atoms with Gasteiger partial charge in [-0.1, -0.05) is 42.5 Å². The van der Waals surface area contributed by atoms with E-state index in [1.807, 2.05) is 0 Å². The van der Waals surface area contributed by atoms with Gasteiger partial charge < -0.3 is 10.2 Å². The van der Waals surface area contributed by atoms with Gasteiger partial charge in [0.15, 0.2) is 0 Å². The van der Waals surface area contributed by atoms with Gasteiger partial charge in [-0.2, -0.15) is 0 Å². The van der Waals surface area contributed by atoms with Crippen molar-refractivity contribution in [2.24, 2.45) is 0 Å². The van der Waals surface area contributed by atoms with Crippen LogP contribution < -0.4 is 5.32 Å². The monoisotopic (exact) mass is 260 g/mol. The average molecular weight is 260 g/mol. The predicted octanol–water partition coefficient (Wildman–Crippen LogP) is 3.74. The third kappa shape index (κ3) is 1.97. The van der Waals surface area contributed by atoms with E-state index in [0.717, 1.165) is 18.4 Å². The fourth-order valence-electron chi connectivity index (χ4n) is 2.89. The van der Waals surface area contributed by atoms with Crippen LogP contribution in [0.1, 0.15) is 23.1 Å². The Kier molecular flexibility index (Phi) is 2.73. The van der Waals surface area contributed by atoms with E-state index in [2.05, 4.69) is 77.6 Å². The first-order valence-electron chi connectivity index (χ1n) is 7.07. The maximum atomic E-state index is 3.61. The summed E-state index contributed by atoms with van der Waals surface area (Å²) in [7, 11) is 0. The Morgan fingerprint density at radius 3 is 2.90 bits per heavy atom. The number of anilines is 1. The second-order valence-electron chi connectivity index (χ2n) is 5.28. The first-order chi connectivity index (χ1) is 9.90. The van der Waals surface area contributed by atoms with Crippen LogP contribution in [0.15, 0.2) is 54.7 Å². The average Bonchev–Trinajstić information content (AvgIpc) is 2.54. The Bertz CT molecular complexity index is 660. The highest BCUT2D eigenvalue weighted by molar-refractivity contribution is 5.59. The molecule has 2 heteroatoms. The molecule has 0 fully saturated rings. The summed E-state index contributed by atoms with van der Waals surface area (Å²) in [5.74, 6) is 0. The molecular weight excluding hydrogens is 244 g/mol. The van der Waals surface area contributed by atoms with Gasteiger partial charge in [-0.05, 0) is 41.7 Å². The minimum absolute atomic E-state index is 0.287. The molecule has 0 bridgehead atoms. The summed E-state index contributed by atoms with van der Waals surface area (Å²) in [6, 6.07) is 16.9. The van der Waals surface area contributed by atoms with Crippen LogP contribution in [0.25, 0.3) is 6.08 Å². The molecule has 0 aliphatic carbocycles. The maximum absolute atomic E-state index is 3.61. The summed E-state index contributed by atoms with van der Waals surface area (Å²) in [5, 5.41) is 3.61. The molecule has 0 aromatic heterocycles. The predicted molar refractivity (Wildman–Crippen MR) is 81.8 cm³/mol. The van der Waals surface area contributed by atoms with Crippen molar-refractivity contribution < 1.29 is 0 Å². The van der Waals surface area contributed by atoms with Crippen molar-refractivity contribution >= 4 is 11.8 Å². The first-order valence-corrected chi connectivity index (χ1v) is 7.07. The lowest BCUT2D eigenvalue weighted by Gasteiger charge is -2.36. The highest BCUT2D eigenvalue weighted by Gasteiger charge is 2.24. The molecule has 1 atom stereocenters. The number of aryl methyl sites for hydroxylation is 1. The second kappa shape index (κ2) is 4.71.